The second kappa shape index (κ2) is 5.09. The van der Waals surface area contributed by atoms with Gasteiger partial charge in [0, 0.05) is 31.5 Å². The van der Waals surface area contributed by atoms with Gasteiger partial charge in [-0.3, -0.25) is 0 Å². The number of likely N-dealkylation sites (tertiary alicyclic amines) is 1. The number of carbonyl (C=O) groups excluding carboxylic acids is 1. The summed E-state index contributed by atoms with van der Waals surface area (Å²) in [6.45, 7) is 2.88. The minimum Gasteiger partial charge on any atom is -0.347 e. The van der Waals surface area contributed by atoms with Crippen LogP contribution in [0.2, 0.25) is 0 Å². The smallest absolute Gasteiger partial charge is 0.317 e. The molecule has 6 fully saturated rings. The molecule has 6 aliphatic rings. The summed E-state index contributed by atoms with van der Waals surface area (Å²) >= 11 is 0. The third kappa shape index (κ3) is 2.47. The lowest BCUT2D eigenvalue weighted by Crippen LogP contribution is -2.62. The van der Waals surface area contributed by atoms with E-state index in [4.69, 9.17) is 9.47 Å². The van der Waals surface area contributed by atoms with Gasteiger partial charge >= 0.3 is 6.03 Å². The monoisotopic (exact) mass is 320 g/mol. The Labute approximate surface area is 138 Å². The van der Waals surface area contributed by atoms with Crippen LogP contribution in [0, 0.1) is 17.8 Å². The van der Waals surface area contributed by atoms with E-state index < -0.39 is 5.79 Å². The Bertz CT molecular complexity index is 455. The van der Waals surface area contributed by atoms with E-state index in [1.807, 2.05) is 4.90 Å². The SMILES string of the molecule is O=C(NC12CC3CC(CC(C3)C1)C2)N1CCC2(CC1)OCCO2. The first-order valence-electron chi connectivity index (χ1n) is 9.49. The van der Waals surface area contributed by atoms with Crippen molar-refractivity contribution < 1.29 is 14.3 Å². The zero-order chi connectivity index (χ0) is 15.5. The number of ether oxygens (including phenoxy) is 2. The summed E-state index contributed by atoms with van der Waals surface area (Å²) in [4.78, 5) is 14.8. The van der Waals surface area contributed by atoms with E-state index in [0.29, 0.717) is 13.2 Å². The van der Waals surface area contributed by atoms with Crippen LogP contribution in [0.15, 0.2) is 0 Å². The molecule has 0 aromatic carbocycles. The Morgan fingerprint density at radius 1 is 0.913 bits per heavy atom. The molecule has 23 heavy (non-hydrogen) atoms. The Balaban J connectivity index is 1.22. The highest BCUT2D eigenvalue weighted by molar-refractivity contribution is 5.75. The third-order valence-electron chi connectivity index (χ3n) is 7.04. The average Bonchev–Trinajstić information content (AvgIpc) is 2.94. The molecule has 128 valence electrons. The topological polar surface area (TPSA) is 50.8 Å². The quantitative estimate of drug-likeness (QED) is 0.807. The van der Waals surface area contributed by atoms with Crippen molar-refractivity contribution in [3.63, 3.8) is 0 Å². The minimum atomic E-state index is -0.391. The Morgan fingerprint density at radius 3 is 1.96 bits per heavy atom. The summed E-state index contributed by atoms with van der Waals surface area (Å²) in [7, 11) is 0. The predicted octanol–water partition coefficient (Wildman–Crippen LogP) is 2.50. The van der Waals surface area contributed by atoms with E-state index in [-0.39, 0.29) is 11.6 Å². The highest BCUT2D eigenvalue weighted by Gasteiger charge is 2.52. The molecule has 2 aliphatic heterocycles. The van der Waals surface area contributed by atoms with E-state index >= 15 is 0 Å². The molecule has 4 saturated carbocycles. The molecule has 1 N–H and O–H groups in total. The summed E-state index contributed by atoms with van der Waals surface area (Å²) in [5.41, 5.74) is 0.112. The zero-order valence-electron chi connectivity index (χ0n) is 13.9. The molecular formula is C18H28N2O3. The molecule has 0 aromatic rings. The second-order valence-corrected chi connectivity index (χ2v) is 8.72. The first-order chi connectivity index (χ1) is 11.1. The first-order valence-corrected chi connectivity index (χ1v) is 9.49. The van der Waals surface area contributed by atoms with Crippen molar-refractivity contribution in [2.24, 2.45) is 17.8 Å². The molecule has 0 radical (unpaired) electrons. The molecule has 6 rings (SSSR count). The van der Waals surface area contributed by atoms with Gasteiger partial charge in [0.25, 0.3) is 0 Å². The molecule has 2 saturated heterocycles. The predicted molar refractivity (Wildman–Crippen MR) is 84.9 cm³/mol. The molecule has 4 aliphatic carbocycles. The number of urea groups is 1. The first kappa shape index (κ1) is 14.5. The van der Waals surface area contributed by atoms with E-state index in [9.17, 15) is 4.79 Å². The summed E-state index contributed by atoms with van der Waals surface area (Å²) in [6.07, 6.45) is 9.50. The molecule has 4 bridgehead atoms. The van der Waals surface area contributed by atoms with Crippen LogP contribution in [0.25, 0.3) is 0 Å². The molecule has 1 spiro atoms. The average molecular weight is 320 g/mol. The summed E-state index contributed by atoms with van der Waals surface area (Å²) in [5, 5.41) is 3.48. The molecule has 2 heterocycles. The Kier molecular flexibility index (Phi) is 3.22. The molecule has 0 aromatic heterocycles. The van der Waals surface area contributed by atoms with Gasteiger partial charge in [-0.1, -0.05) is 0 Å². The third-order valence-corrected chi connectivity index (χ3v) is 7.04. The molecular weight excluding hydrogens is 292 g/mol. The Hall–Kier alpha value is -0.810. The van der Waals surface area contributed by atoms with Crippen LogP contribution in [0.4, 0.5) is 4.79 Å². The maximum absolute atomic E-state index is 12.8. The number of rotatable bonds is 1. The number of carbonyl (C=O) groups is 1. The van der Waals surface area contributed by atoms with Gasteiger partial charge in [0.2, 0.25) is 0 Å². The van der Waals surface area contributed by atoms with Crippen molar-refractivity contribution in [3.05, 3.63) is 0 Å². The lowest BCUT2D eigenvalue weighted by Gasteiger charge is -2.57. The molecule has 5 heteroatoms. The van der Waals surface area contributed by atoms with E-state index in [0.717, 1.165) is 43.7 Å². The summed E-state index contributed by atoms with van der Waals surface area (Å²) < 4.78 is 11.5. The number of hydrogen-bond donors (Lipinski definition) is 1. The van der Waals surface area contributed by atoms with Gasteiger partial charge in [0.05, 0.1) is 13.2 Å². The lowest BCUT2D eigenvalue weighted by molar-refractivity contribution is -0.181. The second-order valence-electron chi connectivity index (χ2n) is 8.72. The maximum atomic E-state index is 12.8. The highest BCUT2D eigenvalue weighted by Crippen LogP contribution is 2.55. The normalized spacial score (nSPS) is 44.0. The van der Waals surface area contributed by atoms with Crippen molar-refractivity contribution in [2.75, 3.05) is 26.3 Å². The van der Waals surface area contributed by atoms with Gasteiger partial charge in [-0.2, -0.15) is 0 Å². The van der Waals surface area contributed by atoms with E-state index in [1.54, 1.807) is 0 Å². The van der Waals surface area contributed by atoms with Crippen molar-refractivity contribution >= 4 is 6.03 Å². The van der Waals surface area contributed by atoms with Crippen LogP contribution in [-0.2, 0) is 9.47 Å². The summed E-state index contributed by atoms with van der Waals surface area (Å²) in [6, 6.07) is 0.153. The fourth-order valence-electron chi connectivity index (χ4n) is 6.41. The van der Waals surface area contributed by atoms with Crippen LogP contribution in [0.5, 0.6) is 0 Å². The van der Waals surface area contributed by atoms with Gasteiger partial charge < -0.3 is 19.7 Å². The van der Waals surface area contributed by atoms with Gasteiger partial charge in [-0.25, -0.2) is 4.79 Å². The number of nitrogens with one attached hydrogen (secondary N) is 1. The number of amides is 2. The largest absolute Gasteiger partial charge is 0.347 e. The van der Waals surface area contributed by atoms with E-state index in [1.165, 1.54) is 38.5 Å². The van der Waals surface area contributed by atoms with Crippen LogP contribution >= 0.6 is 0 Å². The van der Waals surface area contributed by atoms with Crippen molar-refractivity contribution in [2.45, 2.75) is 62.7 Å². The van der Waals surface area contributed by atoms with Gasteiger partial charge in [0.1, 0.15) is 0 Å². The van der Waals surface area contributed by atoms with Gasteiger partial charge in [-0.05, 0) is 56.3 Å². The minimum absolute atomic E-state index is 0.112. The number of piperidine rings is 1. The standard InChI is InChI=1S/C18H28N2O3/c21-16(20-3-1-18(2-4-20)22-5-6-23-18)19-17-10-13-7-14(11-17)9-15(8-13)12-17/h13-15H,1-12H2,(H,19,21). The van der Waals surface area contributed by atoms with Gasteiger partial charge in [0.15, 0.2) is 5.79 Å². The van der Waals surface area contributed by atoms with Crippen molar-refractivity contribution in [3.8, 4) is 0 Å². The molecule has 2 amide bonds. The molecule has 0 unspecified atom stereocenters. The fraction of sp³-hybridized carbons (Fsp3) is 0.944. The van der Waals surface area contributed by atoms with Crippen LogP contribution < -0.4 is 5.32 Å². The maximum Gasteiger partial charge on any atom is 0.317 e. The van der Waals surface area contributed by atoms with Crippen molar-refractivity contribution in [1.82, 2.24) is 10.2 Å². The van der Waals surface area contributed by atoms with Crippen LogP contribution in [0.3, 0.4) is 0 Å². The summed E-state index contributed by atoms with van der Waals surface area (Å²) in [5.74, 6) is 2.21. The Morgan fingerprint density at radius 2 is 1.43 bits per heavy atom. The van der Waals surface area contributed by atoms with Crippen molar-refractivity contribution in [1.29, 1.82) is 0 Å². The number of hydrogen-bond acceptors (Lipinski definition) is 3. The van der Waals surface area contributed by atoms with E-state index in [2.05, 4.69) is 5.32 Å². The van der Waals surface area contributed by atoms with Crippen LogP contribution in [-0.4, -0.2) is 48.6 Å². The fourth-order valence-corrected chi connectivity index (χ4v) is 6.41. The zero-order valence-corrected chi connectivity index (χ0v) is 13.9. The highest BCUT2D eigenvalue weighted by atomic mass is 16.7. The number of nitrogens with zero attached hydrogens (tertiary/aromatic N) is 1. The van der Waals surface area contributed by atoms with Crippen LogP contribution in [0.1, 0.15) is 51.4 Å². The van der Waals surface area contributed by atoms with Gasteiger partial charge in [-0.15, -0.1) is 0 Å². The molecule has 5 nitrogen and oxygen atoms in total. The lowest BCUT2D eigenvalue weighted by atomic mass is 9.53. The molecule has 0 atom stereocenters.